The maximum atomic E-state index is 12.0. The molecule has 2 aromatic carbocycles. The number of benzene rings is 2. The van der Waals surface area contributed by atoms with Gasteiger partial charge in [0, 0.05) is 22.1 Å². The highest BCUT2D eigenvalue weighted by Crippen LogP contribution is 2.33. The average Bonchev–Trinajstić information content (AvgIpc) is 3.30. The number of rotatable bonds is 5. The summed E-state index contributed by atoms with van der Waals surface area (Å²) in [5.74, 6) is 1.60. The predicted molar refractivity (Wildman–Crippen MR) is 93.7 cm³/mol. The van der Waals surface area contributed by atoms with Gasteiger partial charge in [0.2, 0.25) is 0 Å². The second-order valence-electron chi connectivity index (χ2n) is 6.33. The van der Waals surface area contributed by atoms with Crippen molar-refractivity contribution >= 4 is 17.5 Å². The second kappa shape index (κ2) is 6.29. The fourth-order valence-corrected chi connectivity index (χ4v) is 3.98. The number of thioether (sulfide) groups is 1. The molecule has 2 heteroatoms. The van der Waals surface area contributed by atoms with Crippen LogP contribution in [-0.4, -0.2) is 5.78 Å². The van der Waals surface area contributed by atoms with Gasteiger partial charge in [0.1, 0.15) is 0 Å². The van der Waals surface area contributed by atoms with E-state index in [-0.39, 0.29) is 0 Å². The lowest BCUT2D eigenvalue weighted by atomic mass is 10.0. The molecule has 1 fully saturated rings. The summed E-state index contributed by atoms with van der Waals surface area (Å²) in [6.07, 6.45) is 2.14. The summed E-state index contributed by atoms with van der Waals surface area (Å²) >= 11 is 1.84. The highest BCUT2D eigenvalue weighted by Gasteiger charge is 2.30. The van der Waals surface area contributed by atoms with Gasteiger partial charge in [-0.05, 0) is 62.4 Å². The van der Waals surface area contributed by atoms with Crippen molar-refractivity contribution in [3.8, 4) is 0 Å². The molecule has 0 heterocycles. The fourth-order valence-electron chi connectivity index (χ4n) is 2.89. The summed E-state index contributed by atoms with van der Waals surface area (Å²) in [6.45, 7) is 6.52. The van der Waals surface area contributed by atoms with E-state index in [0.717, 1.165) is 24.2 Å². The molecule has 0 atom stereocenters. The molecule has 0 radical (unpaired) electrons. The Morgan fingerprint density at radius 2 is 1.64 bits per heavy atom. The molecule has 0 saturated heterocycles. The second-order valence-corrected chi connectivity index (χ2v) is 7.38. The van der Waals surface area contributed by atoms with Crippen molar-refractivity contribution in [2.45, 2.75) is 44.3 Å². The van der Waals surface area contributed by atoms with Crippen LogP contribution in [0.4, 0.5) is 0 Å². The van der Waals surface area contributed by atoms with Crippen molar-refractivity contribution in [1.29, 1.82) is 0 Å². The molecule has 1 saturated carbocycles. The van der Waals surface area contributed by atoms with Crippen molar-refractivity contribution in [2.24, 2.45) is 5.92 Å². The molecule has 0 aromatic heterocycles. The Hall–Kier alpha value is -1.54. The quantitative estimate of drug-likeness (QED) is 0.536. The number of hydrogen-bond donors (Lipinski definition) is 0. The molecule has 0 aliphatic heterocycles. The first-order chi connectivity index (χ1) is 10.5. The predicted octanol–water partition coefficient (Wildman–Crippen LogP) is 5.50. The van der Waals surface area contributed by atoms with Crippen LogP contribution in [0.25, 0.3) is 0 Å². The van der Waals surface area contributed by atoms with Crippen molar-refractivity contribution < 1.29 is 4.79 Å². The molecule has 114 valence electrons. The third-order valence-electron chi connectivity index (χ3n) is 4.31. The lowest BCUT2D eigenvalue weighted by molar-refractivity contribution is 0.0967. The van der Waals surface area contributed by atoms with Gasteiger partial charge >= 0.3 is 0 Å². The Morgan fingerprint density at radius 3 is 2.18 bits per heavy atom. The Bertz CT molecular complexity index is 673. The van der Waals surface area contributed by atoms with E-state index in [1.807, 2.05) is 23.9 Å². The summed E-state index contributed by atoms with van der Waals surface area (Å²) in [4.78, 5) is 13.2. The molecule has 1 aliphatic carbocycles. The smallest absolute Gasteiger partial charge is 0.165 e. The van der Waals surface area contributed by atoms with E-state index in [1.165, 1.54) is 27.1 Å². The van der Waals surface area contributed by atoms with E-state index in [1.54, 1.807) is 0 Å². The van der Waals surface area contributed by atoms with E-state index >= 15 is 0 Å². The molecule has 0 unspecified atom stereocenters. The lowest BCUT2D eigenvalue weighted by Crippen LogP contribution is -2.00. The van der Waals surface area contributed by atoms with Gasteiger partial charge in [-0.15, -0.1) is 11.8 Å². The van der Waals surface area contributed by atoms with E-state index in [4.69, 9.17) is 0 Å². The van der Waals surface area contributed by atoms with Crippen LogP contribution in [0.15, 0.2) is 41.3 Å². The van der Waals surface area contributed by atoms with Crippen molar-refractivity contribution in [1.82, 2.24) is 0 Å². The molecule has 0 spiro atoms. The van der Waals surface area contributed by atoms with Gasteiger partial charge in [0.15, 0.2) is 5.78 Å². The van der Waals surface area contributed by atoms with Crippen LogP contribution in [0.3, 0.4) is 0 Å². The molecule has 22 heavy (non-hydrogen) atoms. The summed E-state index contributed by atoms with van der Waals surface area (Å²) in [5.41, 5.74) is 6.35. The van der Waals surface area contributed by atoms with Crippen molar-refractivity contribution in [2.75, 3.05) is 0 Å². The summed E-state index contributed by atoms with van der Waals surface area (Å²) in [6, 6.07) is 12.6. The highest BCUT2D eigenvalue weighted by atomic mass is 32.2. The van der Waals surface area contributed by atoms with Gasteiger partial charge in [0.05, 0.1) is 0 Å². The average molecular weight is 310 g/mol. The molecule has 2 aromatic rings. The molecule has 1 nitrogen and oxygen atoms in total. The largest absolute Gasteiger partial charge is 0.294 e. The van der Waals surface area contributed by atoms with Gasteiger partial charge in [-0.1, -0.05) is 29.8 Å². The van der Waals surface area contributed by atoms with Crippen molar-refractivity contribution in [3.05, 3.63) is 64.2 Å². The summed E-state index contributed by atoms with van der Waals surface area (Å²) < 4.78 is 0. The Morgan fingerprint density at radius 1 is 1.05 bits per heavy atom. The molecular weight excluding hydrogens is 288 g/mol. The molecule has 0 N–H and O–H groups in total. The third-order valence-corrected chi connectivity index (χ3v) is 5.35. The minimum absolute atomic E-state index is 0.302. The van der Waals surface area contributed by atoms with E-state index in [2.05, 4.69) is 45.0 Å². The maximum Gasteiger partial charge on any atom is 0.165 e. The topological polar surface area (TPSA) is 17.1 Å². The SMILES string of the molecule is Cc1cc(C)c(CSc2ccc(C(=O)C3CC3)cc2)c(C)c1. The van der Waals surface area contributed by atoms with E-state index in [9.17, 15) is 4.79 Å². The zero-order chi connectivity index (χ0) is 15.7. The first-order valence-corrected chi connectivity index (χ1v) is 8.87. The number of carbonyl (C=O) groups is 1. The summed E-state index contributed by atoms with van der Waals surface area (Å²) in [7, 11) is 0. The standard InChI is InChI=1S/C20H22OS/c1-13-10-14(2)19(15(3)11-13)12-22-18-8-6-17(7-9-18)20(21)16-4-5-16/h6-11,16H,4-5,12H2,1-3H3. The highest BCUT2D eigenvalue weighted by molar-refractivity contribution is 7.98. The number of hydrogen-bond acceptors (Lipinski definition) is 2. The first kappa shape index (κ1) is 15.4. The molecular formula is C20H22OS. The van der Waals surface area contributed by atoms with Crippen LogP contribution < -0.4 is 0 Å². The maximum absolute atomic E-state index is 12.0. The van der Waals surface area contributed by atoms with Gasteiger partial charge in [-0.3, -0.25) is 4.79 Å². The fraction of sp³-hybridized carbons (Fsp3) is 0.350. The number of carbonyl (C=O) groups excluding carboxylic acids is 1. The van der Waals surface area contributed by atoms with Crippen LogP contribution in [0.5, 0.6) is 0 Å². The Kier molecular flexibility index (Phi) is 4.39. The monoisotopic (exact) mass is 310 g/mol. The Balaban J connectivity index is 1.68. The number of aryl methyl sites for hydroxylation is 3. The molecule has 0 bridgehead atoms. The van der Waals surface area contributed by atoms with Crippen LogP contribution >= 0.6 is 11.8 Å². The zero-order valence-electron chi connectivity index (χ0n) is 13.5. The number of Topliss-reactive ketones (excluding diaryl/α,β-unsaturated/α-hetero) is 1. The van der Waals surface area contributed by atoms with Gasteiger partial charge in [0.25, 0.3) is 0 Å². The molecule has 1 aliphatic rings. The minimum atomic E-state index is 0.302. The minimum Gasteiger partial charge on any atom is -0.294 e. The van der Waals surface area contributed by atoms with Gasteiger partial charge in [-0.2, -0.15) is 0 Å². The van der Waals surface area contributed by atoms with Gasteiger partial charge in [-0.25, -0.2) is 0 Å². The molecule has 3 rings (SSSR count). The normalized spacial score (nSPS) is 14.1. The van der Waals surface area contributed by atoms with E-state index in [0.29, 0.717) is 11.7 Å². The molecule has 0 amide bonds. The lowest BCUT2D eigenvalue weighted by Gasteiger charge is -2.11. The summed E-state index contributed by atoms with van der Waals surface area (Å²) in [5, 5.41) is 0. The van der Waals surface area contributed by atoms with Crippen LogP contribution in [0.1, 0.15) is 45.5 Å². The number of ketones is 1. The van der Waals surface area contributed by atoms with Gasteiger partial charge < -0.3 is 0 Å². The zero-order valence-corrected chi connectivity index (χ0v) is 14.3. The van der Waals surface area contributed by atoms with E-state index < -0.39 is 0 Å². The van der Waals surface area contributed by atoms with Crippen LogP contribution in [0.2, 0.25) is 0 Å². The van der Waals surface area contributed by atoms with Crippen LogP contribution in [-0.2, 0) is 5.75 Å². The third kappa shape index (κ3) is 3.44. The Labute approximate surface area is 137 Å². The van der Waals surface area contributed by atoms with Crippen LogP contribution in [0, 0.1) is 26.7 Å². The van der Waals surface area contributed by atoms with Crippen molar-refractivity contribution in [3.63, 3.8) is 0 Å². The first-order valence-electron chi connectivity index (χ1n) is 7.88.